The number of hydrogen-bond donors (Lipinski definition) is 1. The maximum Gasteiger partial charge on any atom is 0.193 e. The molecule has 178 valence electrons. The van der Waals surface area contributed by atoms with Crippen LogP contribution >= 0.6 is 24.0 Å². The van der Waals surface area contributed by atoms with Gasteiger partial charge in [0.1, 0.15) is 5.76 Å². The molecule has 33 heavy (non-hydrogen) atoms. The molecule has 1 N–H and O–H groups in total. The third-order valence-corrected chi connectivity index (χ3v) is 6.03. The lowest BCUT2D eigenvalue weighted by molar-refractivity contribution is 0.475. The number of para-hydroxylation sites is 1. The topological polar surface area (TPSA) is 61.8 Å². The van der Waals surface area contributed by atoms with E-state index in [4.69, 9.17) is 9.41 Å². The third-order valence-electron chi connectivity index (χ3n) is 6.03. The highest BCUT2D eigenvalue weighted by Crippen LogP contribution is 2.26. The van der Waals surface area contributed by atoms with Crippen molar-refractivity contribution in [1.82, 2.24) is 20.0 Å². The van der Waals surface area contributed by atoms with Crippen molar-refractivity contribution >= 4 is 35.6 Å². The standard InChI is InChI=1S/C25H34N6O.HI/c1-29(23-8-4-3-5-9-23)15-7-13-26-25(27-14-11-24-10-6-17-32-24)31-16-12-21(20-31)22-18-28-30(2)19-22;/h3-6,8-10,17-19,21H,7,11-16,20H2,1-2H3,(H,26,27);1H. The number of nitrogens with one attached hydrogen (secondary N) is 1. The van der Waals surface area contributed by atoms with Crippen molar-refractivity contribution in [2.75, 3.05) is 44.7 Å². The second-order valence-corrected chi connectivity index (χ2v) is 8.45. The maximum absolute atomic E-state index is 5.48. The van der Waals surface area contributed by atoms with Gasteiger partial charge in [-0.15, -0.1) is 24.0 Å². The van der Waals surface area contributed by atoms with Crippen LogP contribution < -0.4 is 10.2 Å². The summed E-state index contributed by atoms with van der Waals surface area (Å²) < 4.78 is 7.36. The van der Waals surface area contributed by atoms with Crippen LogP contribution in [0.3, 0.4) is 0 Å². The first kappa shape index (κ1) is 25.1. The van der Waals surface area contributed by atoms with Crippen LogP contribution in [-0.4, -0.2) is 60.4 Å². The molecule has 1 aromatic carbocycles. The van der Waals surface area contributed by atoms with E-state index in [2.05, 4.69) is 63.8 Å². The summed E-state index contributed by atoms with van der Waals surface area (Å²) in [5.74, 6) is 2.51. The molecular formula is C25H35IN6O. The molecule has 0 amide bonds. The fourth-order valence-corrected chi connectivity index (χ4v) is 4.20. The quantitative estimate of drug-likeness (QED) is 0.184. The maximum atomic E-state index is 5.48. The number of furan rings is 1. The number of aliphatic imine (C=N–C) groups is 1. The summed E-state index contributed by atoms with van der Waals surface area (Å²) in [6.45, 7) is 4.57. The van der Waals surface area contributed by atoms with E-state index in [1.54, 1.807) is 6.26 Å². The molecule has 1 aliphatic rings. The first-order valence-electron chi connectivity index (χ1n) is 11.5. The molecule has 1 fully saturated rings. The average Bonchev–Trinajstić information content (AvgIpc) is 3.58. The minimum absolute atomic E-state index is 0. The van der Waals surface area contributed by atoms with Gasteiger partial charge in [-0.1, -0.05) is 18.2 Å². The summed E-state index contributed by atoms with van der Waals surface area (Å²) in [6.07, 6.45) is 8.84. The largest absolute Gasteiger partial charge is 0.469 e. The van der Waals surface area contributed by atoms with Crippen LogP contribution in [0.5, 0.6) is 0 Å². The van der Waals surface area contributed by atoms with Crippen LogP contribution in [-0.2, 0) is 13.5 Å². The molecule has 1 unspecified atom stereocenters. The van der Waals surface area contributed by atoms with E-state index < -0.39 is 0 Å². The van der Waals surface area contributed by atoms with Gasteiger partial charge in [0.05, 0.1) is 12.5 Å². The predicted octanol–water partition coefficient (Wildman–Crippen LogP) is 4.14. The molecule has 7 nitrogen and oxygen atoms in total. The van der Waals surface area contributed by atoms with Crippen molar-refractivity contribution in [2.24, 2.45) is 12.0 Å². The Morgan fingerprint density at radius 1 is 1.24 bits per heavy atom. The summed E-state index contributed by atoms with van der Waals surface area (Å²) in [5, 5.41) is 7.93. The van der Waals surface area contributed by atoms with Crippen molar-refractivity contribution in [3.05, 3.63) is 72.4 Å². The number of likely N-dealkylation sites (tertiary alicyclic amines) is 1. The van der Waals surface area contributed by atoms with Crippen LogP contribution in [0, 0.1) is 0 Å². The van der Waals surface area contributed by atoms with Crippen molar-refractivity contribution in [2.45, 2.75) is 25.2 Å². The lowest BCUT2D eigenvalue weighted by atomic mass is 10.0. The van der Waals surface area contributed by atoms with E-state index in [1.165, 1.54) is 11.3 Å². The van der Waals surface area contributed by atoms with E-state index >= 15 is 0 Å². The van der Waals surface area contributed by atoms with Gasteiger partial charge in [0.25, 0.3) is 0 Å². The highest BCUT2D eigenvalue weighted by Gasteiger charge is 2.27. The van der Waals surface area contributed by atoms with Gasteiger partial charge in [-0.2, -0.15) is 5.10 Å². The molecule has 0 bridgehead atoms. The number of rotatable bonds is 9. The zero-order chi connectivity index (χ0) is 22.2. The monoisotopic (exact) mass is 562 g/mol. The molecule has 2 aromatic heterocycles. The lowest BCUT2D eigenvalue weighted by Gasteiger charge is -2.23. The first-order chi connectivity index (χ1) is 15.7. The van der Waals surface area contributed by atoms with Crippen molar-refractivity contribution < 1.29 is 4.42 Å². The number of benzene rings is 1. The van der Waals surface area contributed by atoms with Crippen molar-refractivity contribution in [1.29, 1.82) is 0 Å². The first-order valence-corrected chi connectivity index (χ1v) is 11.5. The van der Waals surface area contributed by atoms with Gasteiger partial charge >= 0.3 is 0 Å². The van der Waals surface area contributed by atoms with Crippen molar-refractivity contribution in [3.63, 3.8) is 0 Å². The molecule has 8 heteroatoms. The highest BCUT2D eigenvalue weighted by atomic mass is 127. The Kier molecular flexibility index (Phi) is 9.65. The summed E-state index contributed by atoms with van der Waals surface area (Å²) in [6, 6.07) is 14.5. The molecule has 0 saturated carbocycles. The van der Waals surface area contributed by atoms with E-state index in [0.717, 1.165) is 63.7 Å². The molecule has 1 aliphatic heterocycles. The van der Waals surface area contributed by atoms with Gasteiger partial charge in [0.2, 0.25) is 0 Å². The van der Waals surface area contributed by atoms with E-state index in [9.17, 15) is 0 Å². The number of guanidine groups is 1. The zero-order valence-electron chi connectivity index (χ0n) is 19.6. The van der Waals surface area contributed by atoms with Crippen molar-refractivity contribution in [3.8, 4) is 0 Å². The minimum Gasteiger partial charge on any atom is -0.469 e. The molecule has 0 radical (unpaired) electrons. The smallest absolute Gasteiger partial charge is 0.193 e. The van der Waals surface area contributed by atoms with Gasteiger partial charge in [0.15, 0.2) is 5.96 Å². The Labute approximate surface area is 213 Å². The molecule has 3 heterocycles. The van der Waals surface area contributed by atoms with E-state index in [1.807, 2.05) is 30.1 Å². The Morgan fingerprint density at radius 3 is 2.82 bits per heavy atom. The van der Waals surface area contributed by atoms with Gasteiger partial charge in [-0.05, 0) is 42.7 Å². The Morgan fingerprint density at radius 2 is 2.09 bits per heavy atom. The fourth-order valence-electron chi connectivity index (χ4n) is 4.20. The zero-order valence-corrected chi connectivity index (χ0v) is 21.9. The van der Waals surface area contributed by atoms with Gasteiger partial charge in [-0.25, -0.2) is 0 Å². The second kappa shape index (κ2) is 12.7. The second-order valence-electron chi connectivity index (χ2n) is 8.45. The number of anilines is 1. The number of aryl methyl sites for hydroxylation is 1. The molecule has 1 atom stereocenters. The molecule has 1 saturated heterocycles. The Hall–Kier alpha value is -2.49. The Balaban J connectivity index is 0.00000306. The van der Waals surface area contributed by atoms with Gasteiger partial charge in [0, 0.05) is 71.0 Å². The highest BCUT2D eigenvalue weighted by molar-refractivity contribution is 14.0. The van der Waals surface area contributed by atoms with Gasteiger partial charge < -0.3 is 19.5 Å². The van der Waals surface area contributed by atoms with Crippen LogP contribution in [0.4, 0.5) is 5.69 Å². The fraction of sp³-hybridized carbons (Fsp3) is 0.440. The van der Waals surface area contributed by atoms with E-state index in [-0.39, 0.29) is 24.0 Å². The van der Waals surface area contributed by atoms with Crippen LogP contribution in [0.15, 0.2) is 70.5 Å². The minimum atomic E-state index is 0. The van der Waals surface area contributed by atoms with Crippen LogP contribution in [0.2, 0.25) is 0 Å². The number of halogens is 1. The van der Waals surface area contributed by atoms with Gasteiger partial charge in [-0.3, -0.25) is 9.67 Å². The van der Waals surface area contributed by atoms with E-state index in [0.29, 0.717) is 5.92 Å². The predicted molar refractivity (Wildman–Crippen MR) is 145 cm³/mol. The molecule has 0 aliphatic carbocycles. The molecule has 3 aromatic rings. The summed E-state index contributed by atoms with van der Waals surface area (Å²) in [4.78, 5) is 9.65. The summed E-state index contributed by atoms with van der Waals surface area (Å²) in [7, 11) is 4.12. The molecule has 0 spiro atoms. The van der Waals surface area contributed by atoms with Crippen LogP contribution in [0.25, 0.3) is 0 Å². The SMILES string of the molecule is CN(CCCN=C(NCCc1ccco1)N1CCC(c2cnn(C)c2)C1)c1ccccc1.I. The summed E-state index contributed by atoms with van der Waals surface area (Å²) >= 11 is 0. The molecule has 4 rings (SSSR count). The summed E-state index contributed by atoms with van der Waals surface area (Å²) in [5.41, 5.74) is 2.56. The lowest BCUT2D eigenvalue weighted by Crippen LogP contribution is -2.41. The van der Waals surface area contributed by atoms with Crippen LogP contribution in [0.1, 0.15) is 30.1 Å². The number of nitrogens with zero attached hydrogens (tertiary/aromatic N) is 5. The Bertz CT molecular complexity index is 972. The third kappa shape index (κ3) is 7.25. The number of hydrogen-bond acceptors (Lipinski definition) is 4. The molecular weight excluding hydrogens is 527 g/mol. The average molecular weight is 563 g/mol. The normalized spacial score (nSPS) is 16.0. The number of aromatic nitrogens is 2.